The highest BCUT2D eigenvalue weighted by molar-refractivity contribution is 5.99. The fourth-order valence-corrected chi connectivity index (χ4v) is 1.68. The predicted molar refractivity (Wildman–Crippen MR) is 74.1 cm³/mol. The molecule has 1 aromatic carbocycles. The Bertz CT molecular complexity index is 644. The van der Waals surface area contributed by atoms with Crippen LogP contribution in [0.2, 0.25) is 0 Å². The third kappa shape index (κ3) is 2.85. The highest BCUT2D eigenvalue weighted by Gasteiger charge is 2.13. The van der Waals surface area contributed by atoms with Crippen molar-refractivity contribution in [3.8, 4) is 0 Å². The minimum absolute atomic E-state index is 0.361. The van der Waals surface area contributed by atoms with E-state index in [0.717, 1.165) is 11.3 Å². The standard InChI is InChI=1S/C14H16N4O2/c1-9-4-6-11(7-5-9)13(19)16-17-14(20)12-8-15-18(3)10(12)2/h4-8H,1-3H3,(H,16,19)(H,17,20). The molecule has 104 valence electrons. The maximum absolute atomic E-state index is 11.9. The zero-order chi connectivity index (χ0) is 14.7. The van der Waals surface area contributed by atoms with Crippen molar-refractivity contribution in [3.63, 3.8) is 0 Å². The molecule has 20 heavy (non-hydrogen) atoms. The molecule has 0 aliphatic carbocycles. The van der Waals surface area contributed by atoms with E-state index in [9.17, 15) is 9.59 Å². The summed E-state index contributed by atoms with van der Waals surface area (Å²) in [5.41, 5.74) is 7.46. The summed E-state index contributed by atoms with van der Waals surface area (Å²) in [4.78, 5) is 23.7. The average Bonchev–Trinajstić information content (AvgIpc) is 2.77. The van der Waals surface area contributed by atoms with E-state index >= 15 is 0 Å². The number of nitrogens with zero attached hydrogens (tertiary/aromatic N) is 2. The van der Waals surface area contributed by atoms with Crippen molar-refractivity contribution in [1.82, 2.24) is 20.6 Å². The number of rotatable bonds is 2. The van der Waals surface area contributed by atoms with Gasteiger partial charge in [0.25, 0.3) is 11.8 Å². The van der Waals surface area contributed by atoms with E-state index in [-0.39, 0.29) is 5.91 Å². The number of carbonyl (C=O) groups is 2. The van der Waals surface area contributed by atoms with Crippen molar-refractivity contribution in [2.24, 2.45) is 7.05 Å². The first kappa shape index (κ1) is 13.8. The van der Waals surface area contributed by atoms with Crippen LogP contribution in [0, 0.1) is 13.8 Å². The normalized spacial score (nSPS) is 10.2. The van der Waals surface area contributed by atoms with Gasteiger partial charge in [-0.15, -0.1) is 0 Å². The molecule has 2 aromatic rings. The number of carbonyl (C=O) groups excluding carboxylic acids is 2. The Morgan fingerprint density at radius 1 is 1.05 bits per heavy atom. The van der Waals surface area contributed by atoms with Crippen LogP contribution in [-0.2, 0) is 7.05 Å². The molecule has 0 atom stereocenters. The molecular weight excluding hydrogens is 256 g/mol. The largest absolute Gasteiger partial charge is 0.273 e. The summed E-state index contributed by atoms with van der Waals surface area (Å²) in [5.74, 6) is -0.754. The first-order chi connectivity index (χ1) is 9.49. The van der Waals surface area contributed by atoms with Crippen molar-refractivity contribution < 1.29 is 9.59 Å². The van der Waals surface area contributed by atoms with Gasteiger partial charge in [-0.1, -0.05) is 17.7 Å². The first-order valence-corrected chi connectivity index (χ1v) is 6.15. The van der Waals surface area contributed by atoms with E-state index < -0.39 is 5.91 Å². The topological polar surface area (TPSA) is 76.0 Å². The van der Waals surface area contributed by atoms with Gasteiger partial charge < -0.3 is 0 Å². The lowest BCUT2D eigenvalue weighted by Crippen LogP contribution is -2.41. The fourth-order valence-electron chi connectivity index (χ4n) is 1.68. The van der Waals surface area contributed by atoms with Crippen molar-refractivity contribution >= 4 is 11.8 Å². The number of aryl methyl sites for hydroxylation is 2. The van der Waals surface area contributed by atoms with E-state index in [1.54, 1.807) is 30.8 Å². The Balaban J connectivity index is 1.98. The summed E-state index contributed by atoms with van der Waals surface area (Å²) < 4.78 is 1.59. The molecule has 0 saturated carbocycles. The SMILES string of the molecule is Cc1ccc(C(=O)NNC(=O)c2cnn(C)c2C)cc1. The van der Waals surface area contributed by atoms with Gasteiger partial charge in [-0.05, 0) is 26.0 Å². The number of hydrogen-bond acceptors (Lipinski definition) is 3. The molecule has 1 heterocycles. The van der Waals surface area contributed by atoms with Gasteiger partial charge in [0.2, 0.25) is 0 Å². The quantitative estimate of drug-likeness (QED) is 0.804. The van der Waals surface area contributed by atoms with Gasteiger partial charge in [0.1, 0.15) is 0 Å². The zero-order valence-electron chi connectivity index (χ0n) is 11.6. The lowest BCUT2D eigenvalue weighted by atomic mass is 10.1. The van der Waals surface area contributed by atoms with Gasteiger partial charge in [-0.2, -0.15) is 5.10 Å². The maximum Gasteiger partial charge on any atom is 0.273 e. The van der Waals surface area contributed by atoms with Crippen molar-refractivity contribution in [2.75, 3.05) is 0 Å². The lowest BCUT2D eigenvalue weighted by molar-refractivity contribution is 0.0846. The van der Waals surface area contributed by atoms with E-state index in [2.05, 4.69) is 16.0 Å². The molecule has 6 heteroatoms. The van der Waals surface area contributed by atoms with Crippen LogP contribution in [0.1, 0.15) is 32.0 Å². The van der Waals surface area contributed by atoms with Crippen LogP contribution < -0.4 is 10.9 Å². The molecule has 2 N–H and O–H groups in total. The number of amides is 2. The maximum atomic E-state index is 11.9. The highest BCUT2D eigenvalue weighted by atomic mass is 16.2. The third-order valence-corrected chi connectivity index (χ3v) is 3.08. The molecule has 0 aliphatic heterocycles. The lowest BCUT2D eigenvalue weighted by Gasteiger charge is -2.07. The zero-order valence-corrected chi connectivity index (χ0v) is 11.6. The van der Waals surface area contributed by atoms with Crippen LogP contribution in [0.3, 0.4) is 0 Å². The van der Waals surface area contributed by atoms with Crippen LogP contribution in [0.25, 0.3) is 0 Å². The molecular formula is C14H16N4O2. The summed E-state index contributed by atoms with van der Waals surface area (Å²) in [6, 6.07) is 7.07. The van der Waals surface area contributed by atoms with Crippen molar-refractivity contribution in [1.29, 1.82) is 0 Å². The van der Waals surface area contributed by atoms with Gasteiger partial charge in [0.15, 0.2) is 0 Å². The van der Waals surface area contributed by atoms with Gasteiger partial charge in [-0.3, -0.25) is 25.1 Å². The fraction of sp³-hybridized carbons (Fsp3) is 0.214. The second kappa shape index (κ2) is 5.56. The molecule has 1 aromatic heterocycles. The Morgan fingerprint density at radius 3 is 2.20 bits per heavy atom. The molecule has 0 saturated heterocycles. The summed E-state index contributed by atoms with van der Waals surface area (Å²) in [5, 5.41) is 3.98. The first-order valence-electron chi connectivity index (χ1n) is 6.15. The van der Waals surface area contributed by atoms with E-state index in [1.807, 2.05) is 19.1 Å². The van der Waals surface area contributed by atoms with Gasteiger partial charge >= 0.3 is 0 Å². The smallest absolute Gasteiger partial charge is 0.272 e. The highest BCUT2D eigenvalue weighted by Crippen LogP contribution is 2.05. The Labute approximate surface area is 116 Å². The Morgan fingerprint density at radius 2 is 1.65 bits per heavy atom. The second-order valence-corrected chi connectivity index (χ2v) is 4.54. The molecule has 6 nitrogen and oxygen atoms in total. The third-order valence-electron chi connectivity index (χ3n) is 3.08. The Kier molecular flexibility index (Phi) is 3.84. The second-order valence-electron chi connectivity index (χ2n) is 4.54. The number of hydrogen-bond donors (Lipinski definition) is 2. The van der Waals surface area contributed by atoms with Crippen molar-refractivity contribution in [2.45, 2.75) is 13.8 Å². The van der Waals surface area contributed by atoms with Crippen LogP contribution >= 0.6 is 0 Å². The number of hydrazine groups is 1. The van der Waals surface area contributed by atoms with Crippen LogP contribution in [0.4, 0.5) is 0 Å². The molecule has 0 spiro atoms. The molecule has 0 aliphatic rings. The van der Waals surface area contributed by atoms with Crippen LogP contribution in [0.5, 0.6) is 0 Å². The minimum Gasteiger partial charge on any atom is -0.272 e. The molecule has 0 bridgehead atoms. The van der Waals surface area contributed by atoms with Gasteiger partial charge in [0, 0.05) is 18.3 Å². The van der Waals surface area contributed by atoms with Crippen molar-refractivity contribution in [3.05, 3.63) is 52.8 Å². The van der Waals surface area contributed by atoms with Crippen LogP contribution in [-0.4, -0.2) is 21.6 Å². The van der Waals surface area contributed by atoms with E-state index in [1.165, 1.54) is 6.20 Å². The summed E-state index contributed by atoms with van der Waals surface area (Å²) >= 11 is 0. The molecule has 0 fully saturated rings. The number of nitrogens with one attached hydrogen (secondary N) is 2. The molecule has 0 radical (unpaired) electrons. The van der Waals surface area contributed by atoms with Gasteiger partial charge in [0.05, 0.1) is 11.8 Å². The van der Waals surface area contributed by atoms with Gasteiger partial charge in [-0.25, -0.2) is 0 Å². The van der Waals surface area contributed by atoms with E-state index in [4.69, 9.17) is 0 Å². The van der Waals surface area contributed by atoms with E-state index in [0.29, 0.717) is 11.1 Å². The average molecular weight is 272 g/mol. The van der Waals surface area contributed by atoms with Crippen LogP contribution in [0.15, 0.2) is 30.5 Å². The number of benzene rings is 1. The monoisotopic (exact) mass is 272 g/mol. The molecule has 2 amide bonds. The summed E-state index contributed by atoms with van der Waals surface area (Å²) in [6.45, 7) is 3.72. The number of aromatic nitrogens is 2. The minimum atomic E-state index is -0.393. The Hall–Kier alpha value is -2.63. The summed E-state index contributed by atoms with van der Waals surface area (Å²) in [6.07, 6.45) is 1.46. The molecule has 2 rings (SSSR count). The molecule has 0 unspecified atom stereocenters. The predicted octanol–water partition coefficient (Wildman–Crippen LogP) is 1.11. The summed E-state index contributed by atoms with van der Waals surface area (Å²) in [7, 11) is 1.75.